The van der Waals surface area contributed by atoms with Crippen LogP contribution in [0, 0.1) is 13.8 Å². The monoisotopic (exact) mass is 303 g/mol. The Kier molecular flexibility index (Phi) is 4.06. The van der Waals surface area contributed by atoms with E-state index in [2.05, 4.69) is 24.7 Å². The number of sulfonamides is 1. The lowest BCUT2D eigenvalue weighted by Gasteiger charge is -2.15. The van der Waals surface area contributed by atoms with E-state index in [-0.39, 0.29) is 16.7 Å². The Morgan fingerprint density at radius 3 is 2.48 bits per heavy atom. The smallest absolute Gasteiger partial charge is 0.229 e. The second kappa shape index (κ2) is 5.78. The Morgan fingerprint density at radius 1 is 1.19 bits per heavy atom. The molecule has 0 saturated carbocycles. The van der Waals surface area contributed by atoms with E-state index in [4.69, 9.17) is 5.53 Å². The van der Waals surface area contributed by atoms with E-state index in [9.17, 15) is 8.42 Å². The first-order chi connectivity index (χ1) is 9.90. The van der Waals surface area contributed by atoms with E-state index in [1.807, 2.05) is 6.92 Å². The van der Waals surface area contributed by atoms with E-state index in [1.54, 1.807) is 19.1 Å². The third kappa shape index (κ3) is 3.68. The predicted molar refractivity (Wildman–Crippen MR) is 77.0 cm³/mol. The summed E-state index contributed by atoms with van der Waals surface area (Å²) in [6.07, 6.45) is 0. The molecule has 1 aromatic heterocycles. The minimum Gasteiger partial charge on any atom is -0.363 e. The van der Waals surface area contributed by atoms with Crippen molar-refractivity contribution in [2.75, 3.05) is 0 Å². The molecule has 108 valence electrons. The normalized spacial score (nSPS) is 10.8. The number of aromatic nitrogens is 2. The highest BCUT2D eigenvalue weighted by atomic mass is 32.2. The van der Waals surface area contributed by atoms with Crippen molar-refractivity contribution in [1.82, 2.24) is 9.97 Å². The summed E-state index contributed by atoms with van der Waals surface area (Å²) < 4.78 is 27.8. The van der Waals surface area contributed by atoms with Crippen molar-refractivity contribution >= 4 is 21.8 Å². The maximum Gasteiger partial charge on any atom is 0.229 e. The fraction of sp³-hybridized carbons (Fsp3) is 0.167. The Morgan fingerprint density at radius 2 is 1.86 bits per heavy atom. The summed E-state index contributed by atoms with van der Waals surface area (Å²) in [5.41, 5.74) is 9.77. The Balaban J connectivity index is 2.36. The van der Waals surface area contributed by atoms with Crippen LogP contribution in [0.4, 0.5) is 11.8 Å². The van der Waals surface area contributed by atoms with Crippen LogP contribution in [0.25, 0.3) is 15.2 Å². The zero-order valence-corrected chi connectivity index (χ0v) is 12.1. The summed E-state index contributed by atoms with van der Waals surface area (Å²) in [6.45, 7) is 3.47. The zero-order valence-electron chi connectivity index (χ0n) is 11.3. The van der Waals surface area contributed by atoms with Crippen molar-refractivity contribution < 1.29 is 8.42 Å². The standard InChI is InChI=1S/C12H11N6O2S/c1-8-3-5-10(6-4-8)21(19,20)17-12-14-9(2)7-11(15-12)16-18-13/h3-7H,1-2H3/q-1. The number of hydrogen-bond donors (Lipinski definition) is 0. The van der Waals surface area contributed by atoms with E-state index in [0.29, 0.717) is 5.69 Å². The van der Waals surface area contributed by atoms with Crippen LogP contribution in [0.5, 0.6) is 0 Å². The Bertz CT molecular complexity index is 810. The molecule has 0 aliphatic carbocycles. The first kappa shape index (κ1) is 14.8. The first-order valence-electron chi connectivity index (χ1n) is 5.86. The SMILES string of the molecule is Cc1ccc(S(=O)(=O)[N-]c2nc(C)cc(N=[N+]=[N-])n2)cc1. The molecular formula is C12H11N6O2S-. The molecule has 9 heteroatoms. The molecular weight excluding hydrogens is 292 g/mol. The minimum absolute atomic E-state index is 0.0165. The second-order valence-corrected chi connectivity index (χ2v) is 5.84. The molecule has 2 aromatic rings. The number of hydrogen-bond acceptors (Lipinski definition) is 5. The van der Waals surface area contributed by atoms with Crippen LogP contribution in [-0.2, 0) is 10.0 Å². The predicted octanol–water partition coefficient (Wildman–Crippen LogP) is 3.43. The molecule has 0 N–H and O–H groups in total. The van der Waals surface area contributed by atoms with Crippen LogP contribution < -0.4 is 0 Å². The quantitative estimate of drug-likeness (QED) is 0.487. The fourth-order valence-corrected chi connectivity index (χ4v) is 2.43. The number of aryl methyl sites for hydroxylation is 2. The van der Waals surface area contributed by atoms with Crippen molar-refractivity contribution in [1.29, 1.82) is 0 Å². The summed E-state index contributed by atoms with van der Waals surface area (Å²) >= 11 is 0. The van der Waals surface area contributed by atoms with Gasteiger partial charge in [0, 0.05) is 10.9 Å². The number of benzene rings is 1. The average Bonchev–Trinajstić information content (AvgIpc) is 2.38. The summed E-state index contributed by atoms with van der Waals surface area (Å²) in [6, 6.07) is 7.68. The van der Waals surface area contributed by atoms with Gasteiger partial charge < -0.3 is 9.97 Å². The number of rotatable bonds is 4. The molecule has 0 amide bonds. The van der Waals surface area contributed by atoms with Crippen molar-refractivity contribution in [3.63, 3.8) is 0 Å². The van der Waals surface area contributed by atoms with Crippen LogP contribution in [0.3, 0.4) is 0 Å². The molecule has 0 aliphatic rings. The van der Waals surface area contributed by atoms with Crippen LogP contribution >= 0.6 is 0 Å². The summed E-state index contributed by atoms with van der Waals surface area (Å²) in [7, 11) is -3.91. The molecule has 2 rings (SSSR count). The van der Waals surface area contributed by atoms with Gasteiger partial charge in [0.15, 0.2) is 0 Å². The van der Waals surface area contributed by atoms with Crippen molar-refractivity contribution in [2.45, 2.75) is 18.7 Å². The van der Waals surface area contributed by atoms with Gasteiger partial charge in [0.1, 0.15) is 0 Å². The molecule has 0 bridgehead atoms. The molecule has 1 heterocycles. The maximum absolute atomic E-state index is 12.1. The Labute approximate surface area is 121 Å². The van der Waals surface area contributed by atoms with Gasteiger partial charge >= 0.3 is 0 Å². The molecule has 0 radical (unpaired) electrons. The van der Waals surface area contributed by atoms with Crippen LogP contribution in [0.15, 0.2) is 40.3 Å². The third-order valence-corrected chi connectivity index (χ3v) is 3.77. The van der Waals surface area contributed by atoms with E-state index >= 15 is 0 Å². The minimum atomic E-state index is -3.91. The maximum atomic E-state index is 12.1. The molecule has 8 nitrogen and oxygen atoms in total. The van der Waals surface area contributed by atoms with Crippen molar-refractivity contribution in [3.8, 4) is 0 Å². The van der Waals surface area contributed by atoms with Crippen LogP contribution in [-0.4, -0.2) is 18.4 Å². The van der Waals surface area contributed by atoms with Gasteiger partial charge in [0.25, 0.3) is 0 Å². The fourth-order valence-electron chi connectivity index (χ4n) is 1.54. The molecule has 0 atom stereocenters. The van der Waals surface area contributed by atoms with Gasteiger partial charge in [-0.25, -0.2) is 8.42 Å². The van der Waals surface area contributed by atoms with Gasteiger partial charge in [-0.05, 0) is 43.3 Å². The van der Waals surface area contributed by atoms with E-state index in [1.165, 1.54) is 18.2 Å². The molecule has 0 fully saturated rings. The van der Waals surface area contributed by atoms with Crippen molar-refractivity contribution in [2.24, 2.45) is 5.11 Å². The summed E-state index contributed by atoms with van der Waals surface area (Å²) in [4.78, 5) is 10.3. The lowest BCUT2D eigenvalue weighted by atomic mass is 10.2. The van der Waals surface area contributed by atoms with E-state index < -0.39 is 10.0 Å². The molecule has 1 aromatic carbocycles. The molecule has 0 saturated heterocycles. The van der Waals surface area contributed by atoms with E-state index in [0.717, 1.165) is 5.56 Å². The third-order valence-electron chi connectivity index (χ3n) is 2.50. The summed E-state index contributed by atoms with van der Waals surface area (Å²) in [5.74, 6) is -0.249. The first-order valence-corrected chi connectivity index (χ1v) is 7.30. The lowest BCUT2D eigenvalue weighted by Crippen LogP contribution is -2.00. The van der Waals surface area contributed by atoms with Gasteiger partial charge in [-0.15, -0.1) is 0 Å². The molecule has 0 unspecified atom stereocenters. The average molecular weight is 303 g/mol. The topological polar surface area (TPSA) is 123 Å². The van der Waals surface area contributed by atoms with Gasteiger partial charge in [-0.3, -0.25) is 4.72 Å². The highest BCUT2D eigenvalue weighted by molar-refractivity contribution is 7.94. The van der Waals surface area contributed by atoms with Crippen LogP contribution in [0.2, 0.25) is 0 Å². The van der Waals surface area contributed by atoms with Gasteiger partial charge in [0.2, 0.25) is 10.0 Å². The largest absolute Gasteiger partial charge is 0.363 e. The zero-order chi connectivity index (χ0) is 15.5. The Hall–Kier alpha value is -2.64. The van der Waals surface area contributed by atoms with Gasteiger partial charge in [0.05, 0.1) is 10.7 Å². The molecule has 0 aliphatic heterocycles. The summed E-state index contributed by atoms with van der Waals surface area (Å²) in [5, 5.41) is 3.32. The number of nitrogens with zero attached hydrogens (tertiary/aromatic N) is 6. The highest BCUT2D eigenvalue weighted by Gasteiger charge is 2.11. The van der Waals surface area contributed by atoms with Crippen LogP contribution in [0.1, 0.15) is 11.3 Å². The molecule has 0 spiro atoms. The van der Waals surface area contributed by atoms with Gasteiger partial charge in [-0.2, -0.15) is 0 Å². The highest BCUT2D eigenvalue weighted by Crippen LogP contribution is 2.26. The van der Waals surface area contributed by atoms with Gasteiger partial charge in [-0.1, -0.05) is 22.8 Å². The molecule has 21 heavy (non-hydrogen) atoms. The second-order valence-electron chi connectivity index (χ2n) is 4.24. The van der Waals surface area contributed by atoms with Crippen molar-refractivity contribution in [3.05, 3.63) is 56.8 Å². The number of azide groups is 1. The lowest BCUT2D eigenvalue weighted by molar-refractivity contribution is 0.603.